The molecule has 0 fully saturated rings. The van der Waals surface area contributed by atoms with Gasteiger partial charge >= 0.3 is 5.97 Å². The Morgan fingerprint density at radius 1 is 1.19 bits per heavy atom. The molecule has 0 saturated carbocycles. The second kappa shape index (κ2) is 10.0. The standard InChI is InChI=1S/C26H26ClFN4O4/c1-2-36-26(35)23-20-7-9-31(25(34)24(20)32(29-23)19-5-3-4-18(27)14-19)22-13-17-15-30(10-11-33)8-6-16(17)12-21(22)28/h3-5,12-14,33H,2,6-11,15H2,1H3. The molecule has 0 atom stereocenters. The molecule has 36 heavy (non-hydrogen) atoms. The van der Waals surface area contributed by atoms with Crippen LogP contribution in [-0.2, 0) is 24.1 Å². The Morgan fingerprint density at radius 3 is 2.78 bits per heavy atom. The number of benzene rings is 2. The Hall–Kier alpha value is -3.27. The Bertz CT molecular complexity index is 1340. The zero-order chi connectivity index (χ0) is 25.4. The van der Waals surface area contributed by atoms with Gasteiger partial charge in [-0.25, -0.2) is 13.9 Å². The summed E-state index contributed by atoms with van der Waals surface area (Å²) in [4.78, 5) is 30.0. The van der Waals surface area contributed by atoms with Crippen molar-refractivity contribution in [2.45, 2.75) is 26.3 Å². The monoisotopic (exact) mass is 512 g/mol. The number of amides is 1. The van der Waals surface area contributed by atoms with Gasteiger partial charge in [-0.1, -0.05) is 17.7 Å². The molecule has 188 valence electrons. The summed E-state index contributed by atoms with van der Waals surface area (Å²) in [6.07, 6.45) is 0.984. The first-order chi connectivity index (χ1) is 17.4. The van der Waals surface area contributed by atoms with Crippen molar-refractivity contribution < 1.29 is 23.8 Å². The number of halogens is 2. The second-order valence-corrected chi connectivity index (χ2v) is 9.25. The number of carbonyl (C=O) groups is 2. The summed E-state index contributed by atoms with van der Waals surface area (Å²) >= 11 is 6.18. The molecular weight excluding hydrogens is 487 g/mol. The van der Waals surface area contributed by atoms with E-state index >= 15 is 4.39 Å². The third-order valence-corrected chi connectivity index (χ3v) is 6.84. The molecule has 1 aromatic heterocycles. The number of aliphatic hydroxyl groups excluding tert-OH is 1. The lowest BCUT2D eigenvalue weighted by molar-refractivity contribution is 0.0517. The Kier molecular flexibility index (Phi) is 6.79. The van der Waals surface area contributed by atoms with Crippen LogP contribution in [0.15, 0.2) is 36.4 Å². The lowest BCUT2D eigenvalue weighted by atomic mass is 9.97. The van der Waals surface area contributed by atoms with Gasteiger partial charge in [0.2, 0.25) is 0 Å². The number of aliphatic hydroxyl groups is 1. The first kappa shape index (κ1) is 24.4. The lowest BCUT2D eigenvalue weighted by Crippen LogP contribution is -2.40. The van der Waals surface area contributed by atoms with Crippen LogP contribution < -0.4 is 4.90 Å². The Labute approximate surface area is 212 Å². The molecule has 8 nitrogen and oxygen atoms in total. The molecule has 0 aliphatic carbocycles. The number of β-amino-alcohol motifs (C(OH)–C–C–N with tert-alkyl or cyclic N) is 1. The van der Waals surface area contributed by atoms with Crippen LogP contribution in [0, 0.1) is 5.82 Å². The largest absolute Gasteiger partial charge is 0.461 e. The van der Waals surface area contributed by atoms with Gasteiger partial charge in [0.1, 0.15) is 11.5 Å². The fourth-order valence-corrected chi connectivity index (χ4v) is 5.10. The minimum absolute atomic E-state index is 0.0487. The first-order valence-corrected chi connectivity index (χ1v) is 12.3. The highest BCUT2D eigenvalue weighted by Crippen LogP contribution is 2.33. The molecule has 1 N–H and O–H groups in total. The minimum Gasteiger partial charge on any atom is -0.461 e. The Morgan fingerprint density at radius 2 is 2.03 bits per heavy atom. The molecule has 0 saturated heterocycles. The van der Waals surface area contributed by atoms with Crippen molar-refractivity contribution in [2.75, 3.05) is 37.7 Å². The smallest absolute Gasteiger partial charge is 0.359 e. The van der Waals surface area contributed by atoms with E-state index in [-0.39, 0.29) is 36.8 Å². The second-order valence-electron chi connectivity index (χ2n) is 8.82. The van der Waals surface area contributed by atoms with E-state index in [0.29, 0.717) is 42.2 Å². The molecule has 2 aliphatic heterocycles. The van der Waals surface area contributed by atoms with Crippen LogP contribution in [0.1, 0.15) is 44.6 Å². The molecule has 0 unspecified atom stereocenters. The van der Waals surface area contributed by atoms with Gasteiger partial charge in [-0.05, 0) is 61.2 Å². The van der Waals surface area contributed by atoms with E-state index in [1.807, 2.05) is 0 Å². The van der Waals surface area contributed by atoms with E-state index < -0.39 is 17.7 Å². The van der Waals surface area contributed by atoms with Crippen molar-refractivity contribution in [1.82, 2.24) is 14.7 Å². The van der Waals surface area contributed by atoms with E-state index in [1.165, 1.54) is 15.6 Å². The summed E-state index contributed by atoms with van der Waals surface area (Å²) in [7, 11) is 0. The number of aromatic nitrogens is 2. The molecule has 0 radical (unpaired) electrons. The van der Waals surface area contributed by atoms with Crippen LogP contribution in [0.3, 0.4) is 0 Å². The summed E-state index contributed by atoms with van der Waals surface area (Å²) in [6.45, 7) is 3.96. The van der Waals surface area contributed by atoms with Gasteiger partial charge in [-0.15, -0.1) is 0 Å². The van der Waals surface area contributed by atoms with Gasteiger partial charge in [0.05, 0.1) is 24.6 Å². The molecule has 10 heteroatoms. The average molecular weight is 513 g/mol. The predicted molar refractivity (Wildman–Crippen MR) is 132 cm³/mol. The van der Waals surface area contributed by atoms with E-state index in [9.17, 15) is 14.7 Å². The number of nitrogens with zero attached hydrogens (tertiary/aromatic N) is 4. The number of ether oxygens (including phenoxy) is 1. The summed E-state index contributed by atoms with van der Waals surface area (Å²) < 4.78 is 21.9. The third-order valence-electron chi connectivity index (χ3n) is 6.61. The lowest BCUT2D eigenvalue weighted by Gasteiger charge is -2.32. The van der Waals surface area contributed by atoms with Gasteiger partial charge in [0.15, 0.2) is 5.69 Å². The average Bonchev–Trinajstić information content (AvgIpc) is 3.25. The van der Waals surface area contributed by atoms with Gasteiger partial charge in [0, 0.05) is 36.8 Å². The van der Waals surface area contributed by atoms with E-state index in [2.05, 4.69) is 10.00 Å². The summed E-state index contributed by atoms with van der Waals surface area (Å²) in [5, 5.41) is 14.2. The quantitative estimate of drug-likeness (QED) is 0.509. The number of carbonyl (C=O) groups excluding carboxylic acids is 2. The van der Waals surface area contributed by atoms with Crippen molar-refractivity contribution in [3.63, 3.8) is 0 Å². The van der Waals surface area contributed by atoms with Gasteiger partial charge in [-0.2, -0.15) is 5.10 Å². The molecule has 3 aromatic rings. The molecule has 0 bridgehead atoms. The van der Waals surface area contributed by atoms with Gasteiger partial charge in [0.25, 0.3) is 5.91 Å². The maximum Gasteiger partial charge on any atom is 0.359 e. The number of hydrogen-bond acceptors (Lipinski definition) is 6. The molecule has 2 aromatic carbocycles. The highest BCUT2D eigenvalue weighted by atomic mass is 35.5. The van der Waals surface area contributed by atoms with E-state index in [4.69, 9.17) is 16.3 Å². The van der Waals surface area contributed by atoms with Gasteiger partial charge < -0.3 is 14.7 Å². The molecular formula is C26H26ClFN4O4. The zero-order valence-corrected chi connectivity index (χ0v) is 20.6. The van der Waals surface area contributed by atoms with Gasteiger partial charge in [-0.3, -0.25) is 9.69 Å². The van der Waals surface area contributed by atoms with Crippen LogP contribution in [0.2, 0.25) is 5.02 Å². The fraction of sp³-hybridized carbons (Fsp3) is 0.346. The maximum atomic E-state index is 15.3. The van der Waals surface area contributed by atoms with Crippen LogP contribution in [0.4, 0.5) is 10.1 Å². The molecule has 3 heterocycles. The topological polar surface area (TPSA) is 87.9 Å². The third kappa shape index (κ3) is 4.38. The molecule has 1 amide bonds. The maximum absolute atomic E-state index is 15.3. The van der Waals surface area contributed by atoms with E-state index in [1.54, 1.807) is 37.3 Å². The SMILES string of the molecule is CCOC(=O)c1nn(-c2cccc(Cl)c2)c2c1CCN(c1cc3c(cc1F)CCN(CCO)C3)C2=O. The van der Waals surface area contributed by atoms with E-state index in [0.717, 1.165) is 17.7 Å². The van der Waals surface area contributed by atoms with Crippen molar-refractivity contribution in [1.29, 1.82) is 0 Å². The predicted octanol–water partition coefficient (Wildman–Crippen LogP) is 3.39. The zero-order valence-electron chi connectivity index (χ0n) is 19.8. The number of anilines is 1. The van der Waals surface area contributed by atoms with Crippen LogP contribution >= 0.6 is 11.6 Å². The first-order valence-electron chi connectivity index (χ1n) is 11.9. The molecule has 0 spiro atoms. The van der Waals surface area contributed by atoms with Crippen LogP contribution in [0.25, 0.3) is 5.69 Å². The van der Waals surface area contributed by atoms with Crippen molar-refractivity contribution in [2.24, 2.45) is 0 Å². The normalized spacial score (nSPS) is 15.6. The minimum atomic E-state index is -0.611. The fourth-order valence-electron chi connectivity index (χ4n) is 4.91. The molecule has 5 rings (SSSR count). The van der Waals surface area contributed by atoms with Crippen LogP contribution in [0.5, 0.6) is 0 Å². The van der Waals surface area contributed by atoms with Crippen LogP contribution in [-0.4, -0.2) is 64.5 Å². The summed E-state index contributed by atoms with van der Waals surface area (Å²) in [6, 6.07) is 10.0. The summed E-state index contributed by atoms with van der Waals surface area (Å²) in [5.74, 6) is -1.54. The van der Waals surface area contributed by atoms with Crippen molar-refractivity contribution in [3.05, 3.63) is 75.3 Å². The number of esters is 1. The number of rotatable bonds is 6. The highest BCUT2D eigenvalue weighted by Gasteiger charge is 2.37. The number of hydrogen-bond donors (Lipinski definition) is 1. The highest BCUT2D eigenvalue weighted by molar-refractivity contribution is 6.30. The number of fused-ring (bicyclic) bond motifs is 2. The summed E-state index contributed by atoms with van der Waals surface area (Å²) in [5.41, 5.74) is 3.27. The van der Waals surface area contributed by atoms with Crippen molar-refractivity contribution >= 4 is 29.2 Å². The Balaban J connectivity index is 1.57. The van der Waals surface area contributed by atoms with Crippen molar-refractivity contribution in [3.8, 4) is 5.69 Å². The molecule has 2 aliphatic rings.